The Morgan fingerprint density at radius 1 is 1.06 bits per heavy atom. The minimum Gasteiger partial charge on any atom is -0.467 e. The van der Waals surface area contributed by atoms with Gasteiger partial charge in [0.15, 0.2) is 4.34 Å². The molecule has 0 aliphatic carbocycles. The zero-order chi connectivity index (χ0) is 21.3. The second-order valence-corrected chi connectivity index (χ2v) is 9.96. The minimum atomic E-state index is 0.0349. The van der Waals surface area contributed by atoms with E-state index < -0.39 is 0 Å². The largest absolute Gasteiger partial charge is 0.467 e. The summed E-state index contributed by atoms with van der Waals surface area (Å²) in [7, 11) is 0. The van der Waals surface area contributed by atoms with Crippen molar-refractivity contribution in [3.05, 3.63) is 82.4 Å². The molecular weight excluding hydrogens is 448 g/mol. The molecule has 0 saturated heterocycles. The van der Waals surface area contributed by atoms with Gasteiger partial charge in [-0.25, -0.2) is 0 Å². The molecule has 0 radical (unpaired) electrons. The summed E-state index contributed by atoms with van der Waals surface area (Å²) in [5.74, 6) is 1.10. The van der Waals surface area contributed by atoms with Crippen LogP contribution in [0.4, 0.5) is 5.13 Å². The van der Waals surface area contributed by atoms with Gasteiger partial charge in [-0.05, 0) is 35.6 Å². The number of carbonyl (C=O) groups excluding carboxylic acids is 1. The number of hydrogen-bond donors (Lipinski definition) is 1. The number of thioether (sulfide) groups is 1. The van der Waals surface area contributed by atoms with Crippen LogP contribution < -0.4 is 5.32 Å². The van der Waals surface area contributed by atoms with Crippen molar-refractivity contribution in [3.63, 3.8) is 0 Å². The number of carbonyl (C=O) groups is 1. The van der Waals surface area contributed by atoms with Crippen molar-refractivity contribution in [3.8, 4) is 0 Å². The molecule has 160 valence electrons. The van der Waals surface area contributed by atoms with Gasteiger partial charge in [0.25, 0.3) is 0 Å². The number of thiophene rings is 1. The third-order valence-electron chi connectivity index (χ3n) is 4.45. The van der Waals surface area contributed by atoms with Crippen molar-refractivity contribution in [2.45, 2.75) is 23.8 Å². The van der Waals surface area contributed by atoms with Gasteiger partial charge in [0, 0.05) is 18.0 Å². The highest BCUT2D eigenvalue weighted by Gasteiger charge is 2.17. The summed E-state index contributed by atoms with van der Waals surface area (Å²) in [6, 6.07) is 17.9. The molecule has 0 saturated carbocycles. The standard InChI is InChI=1S/C22H22N4O2S3/c27-20(26(15-18-8-4-12-28-18)14-17-6-2-1-3-7-17)16-30-22-25-24-21(31-22)23-11-10-19-9-5-13-29-19/h1-9,12-13H,10-11,14-16H2,(H,23,24). The Balaban J connectivity index is 1.30. The summed E-state index contributed by atoms with van der Waals surface area (Å²) < 4.78 is 6.24. The van der Waals surface area contributed by atoms with Crippen LogP contribution in [0.25, 0.3) is 0 Å². The Labute approximate surface area is 193 Å². The van der Waals surface area contributed by atoms with E-state index in [2.05, 4.69) is 33.0 Å². The number of rotatable bonds is 11. The molecular formula is C22H22N4O2S3. The Bertz CT molecular complexity index is 1050. The van der Waals surface area contributed by atoms with E-state index >= 15 is 0 Å². The third-order valence-corrected chi connectivity index (χ3v) is 7.38. The first-order valence-electron chi connectivity index (χ1n) is 9.83. The molecule has 9 heteroatoms. The van der Waals surface area contributed by atoms with Crippen LogP contribution in [0.5, 0.6) is 0 Å². The van der Waals surface area contributed by atoms with Gasteiger partial charge in [-0.3, -0.25) is 4.79 Å². The van der Waals surface area contributed by atoms with Gasteiger partial charge in [-0.2, -0.15) is 0 Å². The molecule has 0 atom stereocenters. The quantitative estimate of drug-likeness (QED) is 0.305. The highest BCUT2D eigenvalue weighted by atomic mass is 32.2. The van der Waals surface area contributed by atoms with Crippen molar-refractivity contribution >= 4 is 45.5 Å². The van der Waals surface area contributed by atoms with Crippen LogP contribution in [0.15, 0.2) is 75.0 Å². The van der Waals surface area contributed by atoms with Gasteiger partial charge < -0.3 is 14.6 Å². The number of aromatic nitrogens is 2. The Morgan fingerprint density at radius 3 is 2.74 bits per heavy atom. The highest BCUT2D eigenvalue weighted by molar-refractivity contribution is 8.01. The smallest absolute Gasteiger partial charge is 0.233 e. The Hall–Kier alpha value is -2.62. The first-order chi connectivity index (χ1) is 15.3. The van der Waals surface area contributed by atoms with E-state index in [4.69, 9.17) is 4.42 Å². The molecule has 4 aromatic rings. The van der Waals surface area contributed by atoms with Crippen molar-refractivity contribution in [1.82, 2.24) is 15.1 Å². The topological polar surface area (TPSA) is 71.3 Å². The van der Waals surface area contributed by atoms with E-state index in [9.17, 15) is 4.79 Å². The fourth-order valence-electron chi connectivity index (χ4n) is 2.93. The molecule has 0 aliphatic heterocycles. The van der Waals surface area contributed by atoms with Crippen LogP contribution in [0.1, 0.15) is 16.2 Å². The van der Waals surface area contributed by atoms with Crippen LogP contribution >= 0.6 is 34.4 Å². The molecule has 0 unspecified atom stereocenters. The molecule has 6 nitrogen and oxygen atoms in total. The fraction of sp³-hybridized carbons (Fsp3) is 0.227. The summed E-state index contributed by atoms with van der Waals surface area (Å²) in [5.41, 5.74) is 1.08. The van der Waals surface area contributed by atoms with Crippen LogP contribution in [-0.2, 0) is 24.3 Å². The Kier molecular flexibility index (Phi) is 7.76. The number of anilines is 1. The molecule has 4 rings (SSSR count). The summed E-state index contributed by atoms with van der Waals surface area (Å²) >= 11 is 4.65. The predicted octanol–water partition coefficient (Wildman–Crippen LogP) is 5.17. The van der Waals surface area contributed by atoms with Crippen molar-refractivity contribution < 1.29 is 9.21 Å². The van der Waals surface area contributed by atoms with Gasteiger partial charge in [0.2, 0.25) is 11.0 Å². The lowest BCUT2D eigenvalue weighted by molar-refractivity contribution is -0.129. The van der Waals surface area contributed by atoms with Crippen LogP contribution in [-0.4, -0.2) is 33.3 Å². The number of furan rings is 1. The number of benzene rings is 1. The average molecular weight is 471 g/mol. The molecule has 0 bridgehead atoms. The monoisotopic (exact) mass is 470 g/mol. The van der Waals surface area contributed by atoms with Crippen LogP contribution in [0.2, 0.25) is 0 Å². The number of nitrogens with one attached hydrogen (secondary N) is 1. The van der Waals surface area contributed by atoms with E-state index in [0.717, 1.165) is 33.8 Å². The zero-order valence-corrected chi connectivity index (χ0v) is 19.2. The molecule has 3 heterocycles. The molecule has 0 spiro atoms. The van der Waals surface area contributed by atoms with Crippen LogP contribution in [0.3, 0.4) is 0 Å². The SMILES string of the molecule is O=C(CSc1nnc(NCCc2cccs2)s1)N(Cc1ccccc1)Cc1ccco1. The minimum absolute atomic E-state index is 0.0349. The lowest BCUT2D eigenvalue weighted by Gasteiger charge is -2.21. The van der Waals surface area contributed by atoms with Gasteiger partial charge >= 0.3 is 0 Å². The summed E-state index contributed by atoms with van der Waals surface area (Å²) in [6.07, 6.45) is 2.59. The van der Waals surface area contributed by atoms with Gasteiger partial charge in [0.1, 0.15) is 5.76 Å². The maximum absolute atomic E-state index is 13.0. The van der Waals surface area contributed by atoms with E-state index in [-0.39, 0.29) is 5.91 Å². The fourth-order valence-corrected chi connectivity index (χ4v) is 5.32. The van der Waals surface area contributed by atoms with Gasteiger partial charge in [-0.1, -0.05) is 59.5 Å². The number of amides is 1. The van der Waals surface area contributed by atoms with Gasteiger partial charge in [0.05, 0.1) is 18.6 Å². The lowest BCUT2D eigenvalue weighted by Crippen LogP contribution is -2.31. The lowest BCUT2D eigenvalue weighted by atomic mass is 10.2. The summed E-state index contributed by atoms with van der Waals surface area (Å²) in [6.45, 7) is 1.78. The van der Waals surface area contributed by atoms with Gasteiger partial charge in [-0.15, -0.1) is 21.5 Å². The summed E-state index contributed by atoms with van der Waals surface area (Å²) in [5, 5.41) is 14.6. The highest BCUT2D eigenvalue weighted by Crippen LogP contribution is 2.26. The van der Waals surface area contributed by atoms with Crippen molar-refractivity contribution in [2.24, 2.45) is 0 Å². The third kappa shape index (κ3) is 6.68. The first-order valence-corrected chi connectivity index (χ1v) is 12.5. The molecule has 1 N–H and O–H groups in total. The summed E-state index contributed by atoms with van der Waals surface area (Å²) in [4.78, 5) is 16.1. The molecule has 0 fully saturated rings. The molecule has 1 aromatic carbocycles. The zero-order valence-electron chi connectivity index (χ0n) is 16.8. The van der Waals surface area contributed by atoms with Crippen molar-refractivity contribution in [1.29, 1.82) is 0 Å². The number of hydrogen-bond acceptors (Lipinski definition) is 8. The molecule has 1 amide bonds. The average Bonchev–Trinajstić information content (AvgIpc) is 3.56. The molecule has 3 aromatic heterocycles. The second-order valence-electron chi connectivity index (χ2n) is 6.73. The number of nitrogens with zero attached hydrogens (tertiary/aromatic N) is 3. The Morgan fingerprint density at radius 2 is 1.97 bits per heavy atom. The molecule has 0 aliphatic rings. The molecule has 31 heavy (non-hydrogen) atoms. The van der Waals surface area contributed by atoms with E-state index in [0.29, 0.717) is 18.8 Å². The first kappa shape index (κ1) is 21.6. The predicted molar refractivity (Wildman–Crippen MR) is 127 cm³/mol. The normalized spacial score (nSPS) is 10.8. The van der Waals surface area contributed by atoms with Crippen molar-refractivity contribution in [2.75, 3.05) is 17.6 Å². The van der Waals surface area contributed by atoms with Crippen LogP contribution in [0, 0.1) is 0 Å². The second kappa shape index (κ2) is 11.1. The van der Waals surface area contributed by atoms with E-state index in [1.54, 1.807) is 17.6 Å². The maximum atomic E-state index is 13.0. The maximum Gasteiger partial charge on any atom is 0.233 e. The van der Waals surface area contributed by atoms with E-state index in [1.165, 1.54) is 28.0 Å². The van der Waals surface area contributed by atoms with E-state index in [1.807, 2.05) is 47.4 Å².